The van der Waals surface area contributed by atoms with Gasteiger partial charge >= 0.3 is 0 Å². The smallest absolute Gasteiger partial charge is 0.220 e. The Labute approximate surface area is 189 Å². The molecule has 0 spiro atoms. The molecule has 1 amide bonds. The van der Waals surface area contributed by atoms with Gasteiger partial charge in [0.1, 0.15) is 23.7 Å². The fourth-order valence-corrected chi connectivity index (χ4v) is 4.23. The van der Waals surface area contributed by atoms with Crippen LogP contribution in [0.3, 0.4) is 0 Å². The Kier molecular flexibility index (Phi) is 6.56. The Balaban J connectivity index is 0.00000272. The van der Waals surface area contributed by atoms with Gasteiger partial charge in [-0.15, -0.1) is 12.4 Å². The Bertz CT molecular complexity index is 1150. The molecule has 1 aromatic carbocycles. The van der Waals surface area contributed by atoms with Gasteiger partial charge in [0.15, 0.2) is 5.65 Å². The number of carbonyl (C=O) groups excluding carboxylic acids is 1. The van der Waals surface area contributed by atoms with E-state index in [1.165, 1.54) is 6.33 Å². The zero-order valence-electron chi connectivity index (χ0n) is 17.3. The van der Waals surface area contributed by atoms with Crippen LogP contribution < -0.4 is 15.8 Å². The number of rotatable bonds is 5. The van der Waals surface area contributed by atoms with Crippen LogP contribution in [0.15, 0.2) is 12.4 Å². The lowest BCUT2D eigenvalue weighted by Crippen LogP contribution is -2.16. The fourth-order valence-electron chi connectivity index (χ4n) is 4.01. The van der Waals surface area contributed by atoms with E-state index in [0.29, 0.717) is 52.6 Å². The van der Waals surface area contributed by atoms with E-state index in [9.17, 15) is 4.79 Å². The maximum atomic E-state index is 15.1. The number of nitrogens with two attached hydrogens (primary N) is 1. The first kappa shape index (κ1) is 23.0. The summed E-state index contributed by atoms with van der Waals surface area (Å²) < 4.78 is 22.7. The van der Waals surface area contributed by atoms with Crippen LogP contribution in [0.5, 0.6) is 5.75 Å². The molecule has 2 aromatic heterocycles. The van der Waals surface area contributed by atoms with E-state index in [4.69, 9.17) is 22.1 Å². The molecule has 166 valence electrons. The molecule has 11 heteroatoms. The van der Waals surface area contributed by atoms with Gasteiger partial charge in [-0.3, -0.25) is 4.79 Å². The number of carbonyl (C=O) groups is 1. The van der Waals surface area contributed by atoms with E-state index in [1.54, 1.807) is 10.7 Å². The van der Waals surface area contributed by atoms with E-state index >= 15 is 4.39 Å². The minimum atomic E-state index is -0.564. The summed E-state index contributed by atoms with van der Waals surface area (Å²) in [5, 5.41) is 7.98. The van der Waals surface area contributed by atoms with Crippen molar-refractivity contribution in [2.75, 3.05) is 18.9 Å². The Morgan fingerprint density at radius 3 is 2.84 bits per heavy atom. The maximum absolute atomic E-state index is 15.1. The molecule has 1 unspecified atom stereocenters. The lowest BCUT2D eigenvalue weighted by atomic mass is 9.92. The molecular formula is C20H23Cl2FN6O2. The number of nitrogens with one attached hydrogen (secondary N) is 1. The third-order valence-electron chi connectivity index (χ3n) is 5.42. The molecule has 0 aliphatic carbocycles. The molecule has 1 fully saturated rings. The van der Waals surface area contributed by atoms with Crippen molar-refractivity contribution >= 4 is 46.8 Å². The number of hydrogen-bond donors (Lipinski definition) is 2. The van der Waals surface area contributed by atoms with Crippen LogP contribution in [0.25, 0.3) is 11.0 Å². The number of nitrogen functional groups attached to an aromatic ring is 1. The average Bonchev–Trinajstić information content (AvgIpc) is 3.28. The minimum Gasteiger partial charge on any atom is -0.493 e. The number of amides is 1. The molecule has 0 bridgehead atoms. The summed E-state index contributed by atoms with van der Waals surface area (Å²) in [6, 6.07) is 1.16. The van der Waals surface area contributed by atoms with Gasteiger partial charge in [0.05, 0.1) is 28.8 Å². The zero-order valence-corrected chi connectivity index (χ0v) is 18.9. The largest absolute Gasteiger partial charge is 0.493 e. The summed E-state index contributed by atoms with van der Waals surface area (Å²) in [5.74, 6) is -0.327. The number of ether oxygens (including phenoxy) is 1. The SMILES string of the molecule is CCOc1c(C(C)n2nc(C)c3c(N)ncnc32)cc(Cl)c(F)c1[C@@H]1CNC(=O)C1.Cl. The molecule has 3 N–H and O–H groups in total. The molecule has 3 heterocycles. The molecule has 1 aliphatic rings. The van der Waals surface area contributed by atoms with Crippen LogP contribution in [-0.4, -0.2) is 38.8 Å². The van der Waals surface area contributed by atoms with Gasteiger partial charge in [0.2, 0.25) is 5.91 Å². The van der Waals surface area contributed by atoms with Gasteiger partial charge in [-0.2, -0.15) is 5.10 Å². The molecule has 2 atom stereocenters. The number of hydrogen-bond acceptors (Lipinski definition) is 6. The first-order chi connectivity index (χ1) is 14.3. The molecule has 4 rings (SSSR count). The van der Waals surface area contributed by atoms with E-state index < -0.39 is 5.82 Å². The van der Waals surface area contributed by atoms with Gasteiger partial charge in [-0.1, -0.05) is 11.6 Å². The number of aromatic nitrogens is 4. The lowest BCUT2D eigenvalue weighted by Gasteiger charge is -2.23. The molecule has 8 nitrogen and oxygen atoms in total. The molecule has 0 radical (unpaired) electrons. The van der Waals surface area contributed by atoms with E-state index in [-0.39, 0.29) is 41.7 Å². The predicted octanol–water partition coefficient (Wildman–Crippen LogP) is 3.54. The van der Waals surface area contributed by atoms with Crippen molar-refractivity contribution in [3.8, 4) is 5.75 Å². The number of benzene rings is 1. The summed E-state index contributed by atoms with van der Waals surface area (Å²) in [6.45, 7) is 6.21. The zero-order chi connectivity index (χ0) is 21.6. The number of fused-ring (bicyclic) bond motifs is 1. The second kappa shape index (κ2) is 8.84. The van der Waals surface area contributed by atoms with Gasteiger partial charge in [0.25, 0.3) is 0 Å². The maximum Gasteiger partial charge on any atom is 0.220 e. The fraction of sp³-hybridized carbons (Fsp3) is 0.400. The lowest BCUT2D eigenvalue weighted by molar-refractivity contribution is -0.119. The number of aryl methyl sites for hydroxylation is 1. The second-order valence-corrected chi connectivity index (χ2v) is 7.71. The van der Waals surface area contributed by atoms with Crippen LogP contribution in [0.1, 0.15) is 49.0 Å². The summed E-state index contributed by atoms with van der Waals surface area (Å²) in [5.41, 5.74) is 8.23. The van der Waals surface area contributed by atoms with Crippen LogP contribution in [0.2, 0.25) is 5.02 Å². The third-order valence-corrected chi connectivity index (χ3v) is 5.69. The van der Waals surface area contributed by atoms with Crippen LogP contribution in [0, 0.1) is 12.7 Å². The molecular weight excluding hydrogens is 446 g/mol. The van der Waals surface area contributed by atoms with Crippen molar-refractivity contribution in [1.82, 2.24) is 25.1 Å². The highest BCUT2D eigenvalue weighted by Gasteiger charge is 2.33. The Morgan fingerprint density at radius 2 is 2.19 bits per heavy atom. The standard InChI is InChI=1S/C20H22ClFN6O2.ClH/c1-4-30-18-12(6-13(21)17(22)16(18)11-5-14(29)24-7-11)10(3)28-20-15(9(2)27-28)19(23)25-8-26-20;/h6,8,10-11H,4-5,7H2,1-3H3,(H,24,29)(H2,23,25,26);1H/t10?,11-;/m0./s1. The second-order valence-electron chi connectivity index (χ2n) is 7.31. The minimum absolute atomic E-state index is 0. The average molecular weight is 469 g/mol. The van der Waals surface area contributed by atoms with E-state index in [2.05, 4.69) is 20.4 Å². The Morgan fingerprint density at radius 1 is 1.45 bits per heavy atom. The molecule has 31 heavy (non-hydrogen) atoms. The van der Waals surface area contributed by atoms with Gasteiger partial charge in [0, 0.05) is 30.0 Å². The predicted molar refractivity (Wildman–Crippen MR) is 118 cm³/mol. The molecule has 0 saturated carbocycles. The third kappa shape index (κ3) is 3.87. The topological polar surface area (TPSA) is 108 Å². The van der Waals surface area contributed by atoms with Crippen molar-refractivity contribution in [2.24, 2.45) is 0 Å². The van der Waals surface area contributed by atoms with Crippen molar-refractivity contribution in [3.05, 3.63) is 40.1 Å². The first-order valence-corrected chi connectivity index (χ1v) is 10.1. The van der Waals surface area contributed by atoms with Crippen LogP contribution in [0.4, 0.5) is 10.2 Å². The van der Waals surface area contributed by atoms with Crippen molar-refractivity contribution in [2.45, 2.75) is 39.2 Å². The highest BCUT2D eigenvalue weighted by Crippen LogP contribution is 2.43. The highest BCUT2D eigenvalue weighted by atomic mass is 35.5. The quantitative estimate of drug-likeness (QED) is 0.592. The van der Waals surface area contributed by atoms with Crippen molar-refractivity contribution < 1.29 is 13.9 Å². The van der Waals surface area contributed by atoms with Crippen LogP contribution in [-0.2, 0) is 4.79 Å². The summed E-state index contributed by atoms with van der Waals surface area (Å²) >= 11 is 6.27. The Hall–Kier alpha value is -2.65. The summed E-state index contributed by atoms with van der Waals surface area (Å²) in [6.07, 6.45) is 1.56. The van der Waals surface area contributed by atoms with E-state index in [1.807, 2.05) is 20.8 Å². The highest BCUT2D eigenvalue weighted by molar-refractivity contribution is 6.31. The van der Waals surface area contributed by atoms with E-state index in [0.717, 1.165) is 0 Å². The molecule has 1 aliphatic heterocycles. The summed E-state index contributed by atoms with van der Waals surface area (Å²) in [4.78, 5) is 20.1. The number of halogens is 3. The van der Waals surface area contributed by atoms with Crippen LogP contribution >= 0.6 is 24.0 Å². The van der Waals surface area contributed by atoms with Gasteiger partial charge in [-0.05, 0) is 26.8 Å². The normalized spacial score (nSPS) is 16.8. The first-order valence-electron chi connectivity index (χ1n) is 9.70. The molecule has 1 saturated heterocycles. The summed E-state index contributed by atoms with van der Waals surface area (Å²) in [7, 11) is 0. The number of anilines is 1. The van der Waals surface area contributed by atoms with Gasteiger partial charge in [-0.25, -0.2) is 19.0 Å². The number of nitrogens with zero attached hydrogens (tertiary/aromatic N) is 4. The van der Waals surface area contributed by atoms with Crippen molar-refractivity contribution in [3.63, 3.8) is 0 Å². The van der Waals surface area contributed by atoms with Gasteiger partial charge < -0.3 is 15.8 Å². The van der Waals surface area contributed by atoms with Crippen molar-refractivity contribution in [1.29, 1.82) is 0 Å². The molecule has 3 aromatic rings. The monoisotopic (exact) mass is 468 g/mol.